The van der Waals surface area contributed by atoms with Crippen molar-refractivity contribution >= 4 is 11.5 Å². The van der Waals surface area contributed by atoms with E-state index in [1.165, 1.54) is 11.5 Å². The molecule has 2 rings (SSSR count). The molecule has 2 heterocycles. The van der Waals surface area contributed by atoms with Crippen molar-refractivity contribution in [2.24, 2.45) is 0 Å². The van der Waals surface area contributed by atoms with Gasteiger partial charge < -0.3 is 9.84 Å². The molecule has 74 valence electrons. The normalized spacial score (nSPS) is 10.6. The summed E-state index contributed by atoms with van der Waals surface area (Å²) in [5, 5.41) is 10.5. The average molecular weight is 211 g/mol. The molecule has 0 fully saturated rings. The van der Waals surface area contributed by atoms with E-state index >= 15 is 0 Å². The second-order valence-corrected chi connectivity index (χ2v) is 3.44. The molecule has 2 aromatic rings. The number of hydrogen-bond acceptors (Lipinski definition) is 7. The van der Waals surface area contributed by atoms with Gasteiger partial charge in [-0.2, -0.15) is 4.98 Å². The molecule has 0 radical (unpaired) electrons. The van der Waals surface area contributed by atoms with Crippen LogP contribution in [-0.4, -0.2) is 33.3 Å². The molecule has 0 aliphatic carbocycles. The van der Waals surface area contributed by atoms with Crippen molar-refractivity contribution in [2.75, 3.05) is 13.6 Å². The van der Waals surface area contributed by atoms with Gasteiger partial charge in [0.15, 0.2) is 5.82 Å². The first-order valence-corrected chi connectivity index (χ1v) is 4.92. The zero-order valence-corrected chi connectivity index (χ0v) is 8.41. The fourth-order valence-corrected chi connectivity index (χ4v) is 1.39. The molecule has 14 heavy (non-hydrogen) atoms. The Bertz CT molecular complexity index is 384. The lowest BCUT2D eigenvalue weighted by Crippen LogP contribution is -2.10. The first-order chi connectivity index (χ1) is 6.90. The monoisotopic (exact) mass is 211 g/mol. The van der Waals surface area contributed by atoms with Crippen LogP contribution in [0.5, 0.6) is 0 Å². The Morgan fingerprint density at radius 1 is 1.57 bits per heavy atom. The zero-order valence-electron chi connectivity index (χ0n) is 7.60. The van der Waals surface area contributed by atoms with Gasteiger partial charge in [-0.1, -0.05) is 9.64 Å². The Balaban J connectivity index is 2.10. The van der Waals surface area contributed by atoms with Crippen molar-refractivity contribution in [3.05, 3.63) is 12.0 Å². The molecule has 0 amide bonds. The SMILES string of the molecule is CNCCc1noc(-c2cnns2)n1. The number of rotatable bonds is 4. The number of hydrogen-bond donors (Lipinski definition) is 1. The van der Waals surface area contributed by atoms with Crippen LogP contribution >= 0.6 is 11.5 Å². The lowest BCUT2D eigenvalue weighted by atomic mass is 10.4. The van der Waals surface area contributed by atoms with Crippen LogP contribution in [-0.2, 0) is 6.42 Å². The highest BCUT2D eigenvalue weighted by Gasteiger charge is 2.09. The highest BCUT2D eigenvalue weighted by Crippen LogP contribution is 2.18. The maximum absolute atomic E-state index is 5.05. The number of nitrogens with zero attached hydrogens (tertiary/aromatic N) is 4. The van der Waals surface area contributed by atoms with E-state index in [2.05, 4.69) is 25.0 Å². The second kappa shape index (κ2) is 4.25. The predicted molar refractivity (Wildman–Crippen MR) is 50.8 cm³/mol. The molecule has 0 bridgehead atoms. The van der Waals surface area contributed by atoms with E-state index in [4.69, 9.17) is 4.52 Å². The Hall–Kier alpha value is -1.34. The van der Waals surface area contributed by atoms with Crippen LogP contribution in [0.3, 0.4) is 0 Å². The summed E-state index contributed by atoms with van der Waals surface area (Å²) < 4.78 is 8.77. The van der Waals surface area contributed by atoms with E-state index in [0.717, 1.165) is 17.8 Å². The van der Waals surface area contributed by atoms with Crippen LogP contribution in [0.15, 0.2) is 10.7 Å². The van der Waals surface area contributed by atoms with Crippen molar-refractivity contribution in [1.82, 2.24) is 25.0 Å². The first kappa shape index (κ1) is 9.22. The van der Waals surface area contributed by atoms with Crippen molar-refractivity contribution in [3.63, 3.8) is 0 Å². The van der Waals surface area contributed by atoms with Gasteiger partial charge in [-0.15, -0.1) is 5.10 Å². The van der Waals surface area contributed by atoms with Crippen molar-refractivity contribution in [3.8, 4) is 10.8 Å². The van der Waals surface area contributed by atoms with Gasteiger partial charge >= 0.3 is 0 Å². The minimum Gasteiger partial charge on any atom is -0.333 e. The number of aromatic nitrogens is 4. The predicted octanol–water partition coefficient (Wildman–Crippen LogP) is 0.350. The van der Waals surface area contributed by atoms with E-state index in [0.29, 0.717) is 11.7 Å². The summed E-state index contributed by atoms with van der Waals surface area (Å²) in [5.41, 5.74) is 0. The summed E-state index contributed by atoms with van der Waals surface area (Å²) in [6.07, 6.45) is 2.37. The molecule has 7 heteroatoms. The second-order valence-electron chi connectivity index (χ2n) is 2.65. The van der Waals surface area contributed by atoms with E-state index in [1.807, 2.05) is 7.05 Å². The van der Waals surface area contributed by atoms with E-state index in [-0.39, 0.29) is 0 Å². The molecule has 0 atom stereocenters. The third-order valence-corrected chi connectivity index (χ3v) is 2.29. The summed E-state index contributed by atoms with van der Waals surface area (Å²) in [7, 11) is 1.88. The maximum atomic E-state index is 5.05. The molecular formula is C7H9N5OS. The Labute approximate surface area is 84.5 Å². The Morgan fingerprint density at radius 2 is 2.50 bits per heavy atom. The van der Waals surface area contributed by atoms with Crippen LogP contribution in [0, 0.1) is 0 Å². The van der Waals surface area contributed by atoms with Crippen LogP contribution in [0.1, 0.15) is 5.82 Å². The highest BCUT2D eigenvalue weighted by atomic mass is 32.1. The molecule has 6 nitrogen and oxygen atoms in total. The molecule has 0 aromatic carbocycles. The molecule has 0 aliphatic rings. The highest BCUT2D eigenvalue weighted by molar-refractivity contribution is 7.09. The summed E-state index contributed by atoms with van der Waals surface area (Å²) in [4.78, 5) is 5.00. The van der Waals surface area contributed by atoms with Gasteiger partial charge in [0, 0.05) is 13.0 Å². The van der Waals surface area contributed by atoms with Crippen molar-refractivity contribution in [2.45, 2.75) is 6.42 Å². The van der Waals surface area contributed by atoms with Gasteiger partial charge in [0.25, 0.3) is 5.89 Å². The molecular weight excluding hydrogens is 202 g/mol. The fraction of sp³-hybridized carbons (Fsp3) is 0.429. The fourth-order valence-electron chi connectivity index (χ4n) is 0.954. The number of nitrogens with one attached hydrogen (secondary N) is 1. The first-order valence-electron chi connectivity index (χ1n) is 4.15. The van der Waals surface area contributed by atoms with Gasteiger partial charge in [-0.05, 0) is 18.6 Å². The third-order valence-electron chi connectivity index (χ3n) is 1.64. The van der Waals surface area contributed by atoms with Gasteiger partial charge in [-0.3, -0.25) is 0 Å². The van der Waals surface area contributed by atoms with Crippen LogP contribution in [0.4, 0.5) is 0 Å². The topological polar surface area (TPSA) is 76.7 Å². The molecule has 0 saturated heterocycles. The smallest absolute Gasteiger partial charge is 0.271 e. The summed E-state index contributed by atoms with van der Waals surface area (Å²) in [5.74, 6) is 1.19. The van der Waals surface area contributed by atoms with Gasteiger partial charge in [0.2, 0.25) is 0 Å². The summed E-state index contributed by atoms with van der Waals surface area (Å²) in [6, 6.07) is 0. The van der Waals surface area contributed by atoms with Crippen LogP contribution in [0.25, 0.3) is 10.8 Å². The summed E-state index contributed by atoms with van der Waals surface area (Å²) in [6.45, 7) is 0.833. The van der Waals surface area contributed by atoms with E-state index in [1.54, 1.807) is 6.20 Å². The van der Waals surface area contributed by atoms with E-state index in [9.17, 15) is 0 Å². The average Bonchev–Trinajstić information content (AvgIpc) is 2.85. The Morgan fingerprint density at radius 3 is 3.21 bits per heavy atom. The molecule has 0 saturated carbocycles. The van der Waals surface area contributed by atoms with Crippen LogP contribution < -0.4 is 5.32 Å². The standard InChI is InChI=1S/C7H9N5OS/c1-8-3-2-6-10-7(13-11-6)5-4-9-12-14-5/h4,8H,2-3H2,1H3. The largest absolute Gasteiger partial charge is 0.333 e. The van der Waals surface area contributed by atoms with Crippen molar-refractivity contribution < 1.29 is 4.52 Å². The lowest BCUT2D eigenvalue weighted by molar-refractivity contribution is 0.423. The quantitative estimate of drug-likeness (QED) is 0.786. The van der Waals surface area contributed by atoms with Crippen molar-refractivity contribution in [1.29, 1.82) is 0 Å². The molecule has 2 aromatic heterocycles. The third kappa shape index (κ3) is 1.94. The maximum Gasteiger partial charge on any atom is 0.271 e. The summed E-state index contributed by atoms with van der Waals surface area (Å²) >= 11 is 1.24. The minimum absolute atomic E-state index is 0.492. The lowest BCUT2D eigenvalue weighted by Gasteiger charge is -1.90. The zero-order chi connectivity index (χ0) is 9.80. The number of likely N-dealkylation sites (N-methyl/N-ethyl adjacent to an activating group) is 1. The van der Waals surface area contributed by atoms with Gasteiger partial charge in [-0.25, -0.2) is 0 Å². The Kier molecular flexibility index (Phi) is 2.80. The van der Waals surface area contributed by atoms with E-state index < -0.39 is 0 Å². The van der Waals surface area contributed by atoms with Gasteiger partial charge in [0.05, 0.1) is 6.20 Å². The molecule has 0 aliphatic heterocycles. The van der Waals surface area contributed by atoms with Gasteiger partial charge in [0.1, 0.15) is 4.88 Å². The molecule has 0 spiro atoms. The van der Waals surface area contributed by atoms with Crippen LogP contribution in [0.2, 0.25) is 0 Å². The minimum atomic E-state index is 0.492. The molecule has 1 N–H and O–H groups in total. The molecule has 0 unspecified atom stereocenters.